The summed E-state index contributed by atoms with van der Waals surface area (Å²) in [4.78, 5) is 16.2. The quantitative estimate of drug-likeness (QED) is 0.783. The van der Waals surface area contributed by atoms with Crippen molar-refractivity contribution < 1.29 is 9.53 Å². The number of carbonyl (C=O) groups excluding carboxylic acids is 1. The summed E-state index contributed by atoms with van der Waals surface area (Å²) in [6.07, 6.45) is 0.463. The topological polar surface area (TPSA) is 32.8 Å². The molecule has 1 aromatic rings. The molecule has 0 saturated carbocycles. The van der Waals surface area contributed by atoms with Crippen LogP contribution in [0.1, 0.15) is 20.3 Å². The summed E-state index contributed by atoms with van der Waals surface area (Å²) in [6.45, 7) is 8.19. The number of rotatable bonds is 5. The highest BCUT2D eigenvalue weighted by atomic mass is 35.5. The van der Waals surface area contributed by atoms with E-state index in [1.807, 2.05) is 25.1 Å². The molecule has 21 heavy (non-hydrogen) atoms. The van der Waals surface area contributed by atoms with Crippen LogP contribution < -0.4 is 4.90 Å². The Morgan fingerprint density at radius 1 is 1.33 bits per heavy atom. The largest absolute Gasteiger partial charge is 0.466 e. The summed E-state index contributed by atoms with van der Waals surface area (Å²) < 4.78 is 5.02. The third kappa shape index (κ3) is 4.61. The summed E-state index contributed by atoms with van der Waals surface area (Å²) in [7, 11) is 0. The van der Waals surface area contributed by atoms with Gasteiger partial charge in [-0.15, -0.1) is 0 Å². The number of benzene rings is 1. The molecule has 1 aliphatic heterocycles. The smallest absolute Gasteiger partial charge is 0.307 e. The Kier molecular flexibility index (Phi) is 5.88. The molecular weight excluding hydrogens is 288 g/mol. The predicted molar refractivity (Wildman–Crippen MR) is 86.0 cm³/mol. The Morgan fingerprint density at radius 2 is 2.05 bits per heavy atom. The van der Waals surface area contributed by atoms with Crippen molar-refractivity contribution in [2.24, 2.45) is 0 Å². The number of anilines is 1. The van der Waals surface area contributed by atoms with Crippen LogP contribution in [0.15, 0.2) is 24.3 Å². The van der Waals surface area contributed by atoms with E-state index in [1.165, 1.54) is 5.69 Å². The molecule has 0 spiro atoms. The maximum Gasteiger partial charge on any atom is 0.307 e. The van der Waals surface area contributed by atoms with Crippen LogP contribution in [0.5, 0.6) is 0 Å². The third-order valence-corrected chi connectivity index (χ3v) is 4.11. The van der Waals surface area contributed by atoms with Crippen LogP contribution in [-0.2, 0) is 9.53 Å². The van der Waals surface area contributed by atoms with E-state index in [-0.39, 0.29) is 12.0 Å². The van der Waals surface area contributed by atoms with Crippen LogP contribution in [0.4, 0.5) is 5.69 Å². The van der Waals surface area contributed by atoms with Crippen LogP contribution in [0, 0.1) is 0 Å². The standard InChI is InChI=1S/C16H23ClN2O2/c1-3-21-16(20)11-13(2)18-7-9-19(10-8-18)15-6-4-5-14(17)12-15/h4-6,12-13H,3,7-11H2,1-2H3. The van der Waals surface area contributed by atoms with Gasteiger partial charge in [-0.25, -0.2) is 0 Å². The lowest BCUT2D eigenvalue weighted by Gasteiger charge is -2.39. The summed E-state index contributed by atoms with van der Waals surface area (Å²) in [5.41, 5.74) is 1.17. The van der Waals surface area contributed by atoms with Gasteiger partial charge in [0.25, 0.3) is 0 Å². The normalized spacial score (nSPS) is 17.6. The van der Waals surface area contributed by atoms with Crippen molar-refractivity contribution >= 4 is 23.3 Å². The zero-order valence-corrected chi connectivity index (χ0v) is 13.5. The lowest BCUT2D eigenvalue weighted by atomic mass is 10.1. The molecule has 5 heteroatoms. The molecule has 1 aromatic carbocycles. The van der Waals surface area contributed by atoms with Gasteiger partial charge in [-0.3, -0.25) is 9.69 Å². The second-order valence-electron chi connectivity index (χ2n) is 5.36. The Bertz CT molecular complexity index is 473. The van der Waals surface area contributed by atoms with Gasteiger partial charge < -0.3 is 9.64 Å². The molecule has 0 radical (unpaired) electrons. The molecule has 1 aliphatic rings. The van der Waals surface area contributed by atoms with Crippen LogP contribution in [0.25, 0.3) is 0 Å². The van der Waals surface area contributed by atoms with E-state index in [9.17, 15) is 4.79 Å². The van der Waals surface area contributed by atoms with Gasteiger partial charge in [0.1, 0.15) is 0 Å². The summed E-state index contributed by atoms with van der Waals surface area (Å²) in [5.74, 6) is -0.109. The predicted octanol–water partition coefficient (Wildman–Crippen LogP) is 2.80. The van der Waals surface area contributed by atoms with Gasteiger partial charge in [0.05, 0.1) is 13.0 Å². The Hall–Kier alpha value is -1.26. The number of carbonyl (C=O) groups is 1. The molecule has 4 nitrogen and oxygen atoms in total. The monoisotopic (exact) mass is 310 g/mol. The number of esters is 1. The number of hydrogen-bond acceptors (Lipinski definition) is 4. The first-order chi connectivity index (χ1) is 10.1. The third-order valence-electron chi connectivity index (χ3n) is 3.88. The van der Waals surface area contributed by atoms with Gasteiger partial charge in [0, 0.05) is 42.9 Å². The molecule has 1 saturated heterocycles. The Morgan fingerprint density at radius 3 is 2.67 bits per heavy atom. The van der Waals surface area contributed by atoms with Crippen LogP contribution in [0.3, 0.4) is 0 Å². The number of nitrogens with zero attached hydrogens (tertiary/aromatic N) is 2. The van der Waals surface area contributed by atoms with Crippen molar-refractivity contribution in [2.45, 2.75) is 26.3 Å². The minimum absolute atomic E-state index is 0.109. The zero-order valence-electron chi connectivity index (χ0n) is 12.7. The molecule has 0 aromatic heterocycles. The average molecular weight is 311 g/mol. The van der Waals surface area contributed by atoms with Crippen molar-refractivity contribution in [3.8, 4) is 0 Å². The molecule has 1 atom stereocenters. The van der Waals surface area contributed by atoms with Crippen LogP contribution in [0.2, 0.25) is 5.02 Å². The van der Waals surface area contributed by atoms with Gasteiger partial charge in [-0.05, 0) is 32.0 Å². The number of hydrogen-bond donors (Lipinski definition) is 0. The highest BCUT2D eigenvalue weighted by Gasteiger charge is 2.23. The van der Waals surface area contributed by atoms with E-state index in [1.54, 1.807) is 0 Å². The number of halogens is 1. The zero-order chi connectivity index (χ0) is 15.2. The first kappa shape index (κ1) is 16.1. The second-order valence-corrected chi connectivity index (χ2v) is 5.80. The molecule has 0 aliphatic carbocycles. The van der Waals surface area contributed by atoms with E-state index in [4.69, 9.17) is 16.3 Å². The number of ether oxygens (including phenoxy) is 1. The lowest BCUT2D eigenvalue weighted by Crippen LogP contribution is -2.50. The first-order valence-corrected chi connectivity index (χ1v) is 7.88. The average Bonchev–Trinajstić information content (AvgIpc) is 2.47. The highest BCUT2D eigenvalue weighted by molar-refractivity contribution is 6.30. The van der Waals surface area contributed by atoms with Gasteiger partial charge in [-0.2, -0.15) is 0 Å². The Balaban J connectivity index is 1.84. The fraction of sp³-hybridized carbons (Fsp3) is 0.562. The SMILES string of the molecule is CCOC(=O)CC(C)N1CCN(c2cccc(Cl)c2)CC1. The van der Waals surface area contributed by atoms with Crippen molar-refractivity contribution in [1.29, 1.82) is 0 Å². The second kappa shape index (κ2) is 7.66. The van der Waals surface area contributed by atoms with Gasteiger partial charge in [-0.1, -0.05) is 17.7 Å². The molecule has 1 heterocycles. The van der Waals surface area contributed by atoms with Gasteiger partial charge >= 0.3 is 5.97 Å². The summed E-state index contributed by atoms with van der Waals surface area (Å²) >= 11 is 6.04. The van der Waals surface area contributed by atoms with Crippen molar-refractivity contribution in [3.63, 3.8) is 0 Å². The molecule has 0 amide bonds. The summed E-state index contributed by atoms with van der Waals surface area (Å²) in [6, 6.07) is 8.18. The van der Waals surface area contributed by atoms with E-state index in [0.29, 0.717) is 13.0 Å². The minimum Gasteiger partial charge on any atom is -0.466 e. The molecule has 1 unspecified atom stereocenters. The molecule has 1 fully saturated rings. The van der Waals surface area contributed by atoms with Crippen LogP contribution in [-0.4, -0.2) is 49.7 Å². The van der Waals surface area contributed by atoms with E-state index >= 15 is 0 Å². The minimum atomic E-state index is -0.109. The van der Waals surface area contributed by atoms with Crippen molar-refractivity contribution in [2.75, 3.05) is 37.7 Å². The summed E-state index contributed by atoms with van der Waals surface area (Å²) in [5, 5.41) is 0.769. The molecule has 2 rings (SSSR count). The molecule has 0 bridgehead atoms. The lowest BCUT2D eigenvalue weighted by molar-refractivity contribution is -0.144. The molecule has 0 N–H and O–H groups in total. The maximum atomic E-state index is 11.5. The molecule has 116 valence electrons. The molecular formula is C16H23ClN2O2. The highest BCUT2D eigenvalue weighted by Crippen LogP contribution is 2.21. The number of piperazine rings is 1. The van der Waals surface area contributed by atoms with E-state index in [2.05, 4.69) is 22.8 Å². The first-order valence-electron chi connectivity index (χ1n) is 7.50. The van der Waals surface area contributed by atoms with Crippen LogP contribution >= 0.6 is 11.6 Å². The van der Waals surface area contributed by atoms with E-state index in [0.717, 1.165) is 31.2 Å². The van der Waals surface area contributed by atoms with E-state index < -0.39 is 0 Å². The van der Waals surface area contributed by atoms with Crippen molar-refractivity contribution in [1.82, 2.24) is 4.90 Å². The maximum absolute atomic E-state index is 11.5. The van der Waals surface area contributed by atoms with Crippen molar-refractivity contribution in [3.05, 3.63) is 29.3 Å². The fourth-order valence-corrected chi connectivity index (χ4v) is 2.87. The van der Waals surface area contributed by atoms with Gasteiger partial charge in [0.15, 0.2) is 0 Å². The Labute approximate surface area is 131 Å². The fourth-order valence-electron chi connectivity index (χ4n) is 2.68. The van der Waals surface area contributed by atoms with Gasteiger partial charge in [0.2, 0.25) is 0 Å².